The van der Waals surface area contributed by atoms with Gasteiger partial charge in [0.05, 0.1) is 6.04 Å². The second-order valence-corrected chi connectivity index (χ2v) is 4.17. The Morgan fingerprint density at radius 1 is 1.50 bits per heavy atom. The zero-order valence-electron chi connectivity index (χ0n) is 9.36. The molecule has 4 heteroatoms. The predicted molar refractivity (Wildman–Crippen MR) is 56.9 cm³/mol. The maximum atomic E-state index is 11.7. The minimum Gasteiger partial charge on any atom is -0.347 e. The Kier molecular flexibility index (Phi) is 3.89. The maximum Gasteiger partial charge on any atom is 0.239 e. The van der Waals surface area contributed by atoms with Gasteiger partial charge in [0.15, 0.2) is 0 Å². The molecule has 0 aliphatic heterocycles. The van der Waals surface area contributed by atoms with Crippen LogP contribution in [0.25, 0.3) is 0 Å². The van der Waals surface area contributed by atoms with Crippen LogP contribution in [0, 0.1) is 0 Å². The third kappa shape index (κ3) is 2.69. The predicted octanol–water partition coefficient (Wildman–Crippen LogP) is -0.114. The number of likely N-dealkylation sites (N-methyl/N-ethyl adjacent to an activating group) is 1. The number of amides is 1. The van der Waals surface area contributed by atoms with Crippen molar-refractivity contribution in [2.75, 3.05) is 27.2 Å². The molecule has 0 spiro atoms. The van der Waals surface area contributed by atoms with Crippen LogP contribution in [0.1, 0.15) is 19.8 Å². The molecule has 0 aromatic heterocycles. The molecule has 1 rings (SSSR count). The summed E-state index contributed by atoms with van der Waals surface area (Å²) in [6.07, 6.45) is 2.43. The first-order valence-corrected chi connectivity index (χ1v) is 5.25. The highest BCUT2D eigenvalue weighted by molar-refractivity contribution is 5.81. The van der Waals surface area contributed by atoms with Gasteiger partial charge in [-0.15, -0.1) is 0 Å². The number of hydrogen-bond donors (Lipinski definition) is 1. The first kappa shape index (κ1) is 11.5. The van der Waals surface area contributed by atoms with E-state index in [-0.39, 0.29) is 11.9 Å². The first-order valence-electron chi connectivity index (χ1n) is 5.25. The minimum absolute atomic E-state index is 0.0268. The number of rotatable bonds is 5. The highest BCUT2D eigenvalue weighted by Gasteiger charge is 2.34. The smallest absolute Gasteiger partial charge is 0.239 e. The van der Waals surface area contributed by atoms with E-state index < -0.39 is 0 Å². The number of hydrogen-bond acceptors (Lipinski definition) is 3. The van der Waals surface area contributed by atoms with E-state index in [1.165, 1.54) is 12.8 Å². The van der Waals surface area contributed by atoms with Gasteiger partial charge in [-0.25, -0.2) is 0 Å². The van der Waals surface area contributed by atoms with Crippen LogP contribution in [0.5, 0.6) is 0 Å². The molecule has 0 aromatic rings. The van der Waals surface area contributed by atoms with Gasteiger partial charge in [-0.05, 0) is 19.8 Å². The minimum atomic E-state index is -0.0268. The molecule has 4 nitrogen and oxygen atoms in total. The summed E-state index contributed by atoms with van der Waals surface area (Å²) in [6.45, 7) is 3.42. The molecule has 14 heavy (non-hydrogen) atoms. The number of carbonyl (C=O) groups is 1. The normalized spacial score (nSPS) is 18.4. The summed E-state index contributed by atoms with van der Waals surface area (Å²) in [5.74, 6) is 0.172. The fourth-order valence-corrected chi connectivity index (χ4v) is 1.76. The Labute approximate surface area is 86.0 Å². The van der Waals surface area contributed by atoms with Gasteiger partial charge in [0.1, 0.15) is 0 Å². The second-order valence-electron chi connectivity index (χ2n) is 4.17. The van der Waals surface area contributed by atoms with Crippen molar-refractivity contribution in [3.8, 4) is 0 Å². The molecule has 82 valence electrons. The van der Waals surface area contributed by atoms with Crippen LogP contribution < -0.4 is 5.73 Å². The molecule has 0 bridgehead atoms. The third-order valence-corrected chi connectivity index (χ3v) is 2.70. The van der Waals surface area contributed by atoms with Crippen molar-refractivity contribution in [2.24, 2.45) is 5.73 Å². The molecule has 1 amide bonds. The van der Waals surface area contributed by atoms with Crippen molar-refractivity contribution in [2.45, 2.75) is 31.8 Å². The Bertz CT molecular complexity index is 202. The molecule has 1 fully saturated rings. The lowest BCUT2D eigenvalue weighted by Gasteiger charge is -2.29. The van der Waals surface area contributed by atoms with E-state index in [0.29, 0.717) is 12.6 Å². The molecule has 1 saturated carbocycles. The Morgan fingerprint density at radius 3 is 2.43 bits per heavy atom. The quantitative estimate of drug-likeness (QED) is 0.672. The van der Waals surface area contributed by atoms with Gasteiger partial charge in [0.2, 0.25) is 5.91 Å². The maximum absolute atomic E-state index is 11.7. The summed E-state index contributed by atoms with van der Waals surface area (Å²) in [4.78, 5) is 15.6. The average molecular weight is 199 g/mol. The van der Waals surface area contributed by atoms with Gasteiger partial charge in [-0.2, -0.15) is 0 Å². The fourth-order valence-electron chi connectivity index (χ4n) is 1.76. The van der Waals surface area contributed by atoms with Crippen LogP contribution >= 0.6 is 0 Å². The molecule has 0 heterocycles. The van der Waals surface area contributed by atoms with Crippen LogP contribution in [-0.2, 0) is 4.79 Å². The molecule has 1 unspecified atom stereocenters. The summed E-state index contributed by atoms with van der Waals surface area (Å²) in [6, 6.07) is 0.568. The average Bonchev–Trinajstić information content (AvgIpc) is 2.95. The fraction of sp³-hybridized carbons (Fsp3) is 0.900. The van der Waals surface area contributed by atoms with Crippen LogP contribution in [0.4, 0.5) is 0 Å². The van der Waals surface area contributed by atoms with E-state index in [0.717, 1.165) is 6.54 Å². The van der Waals surface area contributed by atoms with E-state index in [2.05, 4.69) is 4.90 Å². The Hall–Kier alpha value is -0.610. The van der Waals surface area contributed by atoms with Crippen molar-refractivity contribution in [1.29, 1.82) is 0 Å². The van der Waals surface area contributed by atoms with Gasteiger partial charge in [0.25, 0.3) is 0 Å². The topological polar surface area (TPSA) is 49.6 Å². The molecule has 1 aliphatic carbocycles. The van der Waals surface area contributed by atoms with E-state index in [1.54, 1.807) is 19.0 Å². The van der Waals surface area contributed by atoms with Crippen LogP contribution in [0.15, 0.2) is 0 Å². The standard InChI is InChI=1S/C10H21N3O/c1-8(10(14)12(2)3)13(7-6-11)9-4-5-9/h8-9H,4-7,11H2,1-3H3. The number of nitrogens with two attached hydrogens (primary N) is 1. The summed E-state index contributed by atoms with van der Waals surface area (Å²) >= 11 is 0. The lowest BCUT2D eigenvalue weighted by Crippen LogP contribution is -2.47. The van der Waals surface area contributed by atoms with Gasteiger partial charge in [0, 0.05) is 33.2 Å². The molecule has 0 aromatic carbocycles. The Morgan fingerprint density at radius 2 is 2.07 bits per heavy atom. The lowest BCUT2D eigenvalue weighted by atomic mass is 10.2. The number of carbonyl (C=O) groups excluding carboxylic acids is 1. The molecular weight excluding hydrogens is 178 g/mol. The summed E-state index contributed by atoms with van der Waals surface area (Å²) in [7, 11) is 3.60. The van der Waals surface area contributed by atoms with E-state index >= 15 is 0 Å². The zero-order valence-corrected chi connectivity index (χ0v) is 9.36. The molecule has 1 aliphatic rings. The SMILES string of the molecule is CC(C(=O)N(C)C)N(CCN)C1CC1. The lowest BCUT2D eigenvalue weighted by molar-refractivity contribution is -0.134. The summed E-state index contributed by atoms with van der Waals surface area (Å²) in [5, 5.41) is 0. The van der Waals surface area contributed by atoms with E-state index in [4.69, 9.17) is 5.73 Å². The van der Waals surface area contributed by atoms with Crippen molar-refractivity contribution in [1.82, 2.24) is 9.80 Å². The molecule has 0 radical (unpaired) electrons. The van der Waals surface area contributed by atoms with Gasteiger partial charge < -0.3 is 10.6 Å². The largest absolute Gasteiger partial charge is 0.347 e. The van der Waals surface area contributed by atoms with Crippen molar-refractivity contribution < 1.29 is 4.79 Å². The van der Waals surface area contributed by atoms with Crippen molar-refractivity contribution in [3.63, 3.8) is 0 Å². The molecular formula is C10H21N3O. The van der Waals surface area contributed by atoms with Crippen molar-refractivity contribution in [3.05, 3.63) is 0 Å². The van der Waals surface area contributed by atoms with Gasteiger partial charge in [-0.1, -0.05) is 0 Å². The summed E-state index contributed by atoms with van der Waals surface area (Å²) < 4.78 is 0. The van der Waals surface area contributed by atoms with E-state index in [9.17, 15) is 4.79 Å². The van der Waals surface area contributed by atoms with Gasteiger partial charge in [-0.3, -0.25) is 9.69 Å². The molecule has 2 N–H and O–H groups in total. The van der Waals surface area contributed by atoms with Crippen LogP contribution in [0.2, 0.25) is 0 Å². The molecule has 0 saturated heterocycles. The number of nitrogens with zero attached hydrogens (tertiary/aromatic N) is 2. The zero-order chi connectivity index (χ0) is 10.7. The van der Waals surface area contributed by atoms with Crippen LogP contribution in [0.3, 0.4) is 0 Å². The monoisotopic (exact) mass is 199 g/mol. The molecule has 1 atom stereocenters. The highest BCUT2D eigenvalue weighted by Crippen LogP contribution is 2.28. The van der Waals surface area contributed by atoms with E-state index in [1.807, 2.05) is 6.92 Å². The Balaban J connectivity index is 2.53. The highest BCUT2D eigenvalue weighted by atomic mass is 16.2. The van der Waals surface area contributed by atoms with Crippen molar-refractivity contribution >= 4 is 5.91 Å². The van der Waals surface area contributed by atoms with Crippen LogP contribution in [-0.4, -0.2) is 55.0 Å². The summed E-state index contributed by atoms with van der Waals surface area (Å²) in [5.41, 5.74) is 5.54. The van der Waals surface area contributed by atoms with Gasteiger partial charge >= 0.3 is 0 Å². The second kappa shape index (κ2) is 4.75. The third-order valence-electron chi connectivity index (χ3n) is 2.70. The first-order chi connectivity index (χ1) is 6.57.